The van der Waals surface area contributed by atoms with Crippen molar-refractivity contribution >= 4 is 11.9 Å². The zero-order chi connectivity index (χ0) is 19.2. The Bertz CT molecular complexity index is 801. The molecule has 2 aromatic carbocycles. The topological polar surface area (TPSA) is 49.9 Å². The van der Waals surface area contributed by atoms with E-state index in [4.69, 9.17) is 4.74 Å². The third-order valence-electron chi connectivity index (χ3n) is 4.92. The highest BCUT2D eigenvalue weighted by Gasteiger charge is 2.20. The number of amides is 1. The number of hydrogen-bond acceptors (Lipinski definition) is 4. The zero-order valence-corrected chi connectivity index (χ0v) is 16.0. The van der Waals surface area contributed by atoms with E-state index in [2.05, 4.69) is 4.90 Å². The van der Waals surface area contributed by atoms with Crippen LogP contribution in [0.2, 0.25) is 0 Å². The first kappa shape index (κ1) is 19.1. The molecule has 1 heterocycles. The van der Waals surface area contributed by atoms with Crippen molar-refractivity contribution in [1.82, 2.24) is 9.80 Å². The summed E-state index contributed by atoms with van der Waals surface area (Å²) in [6, 6.07) is 15.3. The van der Waals surface area contributed by atoms with Crippen molar-refractivity contribution in [2.24, 2.45) is 0 Å². The molecule has 0 unspecified atom stereocenters. The van der Waals surface area contributed by atoms with Gasteiger partial charge in [0.05, 0.1) is 12.7 Å². The number of hydrogen-bond donors (Lipinski definition) is 0. The Balaban J connectivity index is 1.58. The molecule has 3 rings (SSSR count). The maximum Gasteiger partial charge on any atom is 0.337 e. The average Bonchev–Trinajstić information content (AvgIpc) is 2.93. The molecule has 0 N–H and O–H groups in total. The van der Waals surface area contributed by atoms with Gasteiger partial charge in [0.2, 0.25) is 0 Å². The SMILES string of the molecule is COC(=O)c1ccc(CN2CCCN(C(=O)c3cccc(C)c3)CC2)cc1. The van der Waals surface area contributed by atoms with Gasteiger partial charge >= 0.3 is 5.97 Å². The summed E-state index contributed by atoms with van der Waals surface area (Å²) in [6.07, 6.45) is 0.956. The van der Waals surface area contributed by atoms with Crippen LogP contribution < -0.4 is 0 Å². The van der Waals surface area contributed by atoms with Gasteiger partial charge in [-0.3, -0.25) is 9.69 Å². The highest BCUT2D eigenvalue weighted by molar-refractivity contribution is 5.94. The Morgan fingerprint density at radius 2 is 1.74 bits per heavy atom. The molecular weight excluding hydrogens is 340 g/mol. The number of carbonyl (C=O) groups excluding carboxylic acids is 2. The average molecular weight is 366 g/mol. The molecule has 2 aromatic rings. The van der Waals surface area contributed by atoms with E-state index in [0.717, 1.165) is 55.8 Å². The fourth-order valence-corrected chi connectivity index (χ4v) is 3.42. The lowest BCUT2D eigenvalue weighted by Gasteiger charge is -2.22. The van der Waals surface area contributed by atoms with Gasteiger partial charge in [-0.05, 0) is 43.2 Å². The molecule has 1 aliphatic rings. The van der Waals surface area contributed by atoms with Crippen molar-refractivity contribution < 1.29 is 14.3 Å². The lowest BCUT2D eigenvalue weighted by molar-refractivity contribution is 0.0600. The number of methoxy groups -OCH3 is 1. The van der Waals surface area contributed by atoms with Gasteiger partial charge in [0, 0.05) is 38.3 Å². The molecule has 27 heavy (non-hydrogen) atoms. The largest absolute Gasteiger partial charge is 0.465 e. The highest BCUT2D eigenvalue weighted by atomic mass is 16.5. The van der Waals surface area contributed by atoms with E-state index < -0.39 is 0 Å². The Hall–Kier alpha value is -2.66. The van der Waals surface area contributed by atoms with Crippen LogP contribution in [0.5, 0.6) is 0 Å². The monoisotopic (exact) mass is 366 g/mol. The maximum atomic E-state index is 12.8. The first-order valence-electron chi connectivity index (χ1n) is 9.32. The van der Waals surface area contributed by atoms with Gasteiger partial charge in [-0.25, -0.2) is 4.79 Å². The molecule has 1 fully saturated rings. The first-order chi connectivity index (χ1) is 13.1. The molecule has 5 heteroatoms. The summed E-state index contributed by atoms with van der Waals surface area (Å²) in [5.74, 6) is -0.204. The minimum atomic E-state index is -0.318. The molecule has 0 bridgehead atoms. The van der Waals surface area contributed by atoms with Gasteiger partial charge in [-0.2, -0.15) is 0 Å². The molecule has 5 nitrogen and oxygen atoms in total. The molecule has 1 saturated heterocycles. The van der Waals surface area contributed by atoms with E-state index in [1.54, 1.807) is 12.1 Å². The van der Waals surface area contributed by atoms with Crippen LogP contribution in [0.1, 0.15) is 38.3 Å². The maximum absolute atomic E-state index is 12.8. The van der Waals surface area contributed by atoms with Gasteiger partial charge in [0.25, 0.3) is 5.91 Å². The second-order valence-electron chi connectivity index (χ2n) is 6.98. The molecule has 0 saturated carbocycles. The third-order valence-corrected chi connectivity index (χ3v) is 4.92. The Morgan fingerprint density at radius 3 is 2.44 bits per heavy atom. The normalized spacial score (nSPS) is 15.3. The van der Waals surface area contributed by atoms with Crippen molar-refractivity contribution in [2.45, 2.75) is 19.9 Å². The fourth-order valence-electron chi connectivity index (χ4n) is 3.42. The van der Waals surface area contributed by atoms with Crippen molar-refractivity contribution in [3.8, 4) is 0 Å². The second-order valence-corrected chi connectivity index (χ2v) is 6.98. The van der Waals surface area contributed by atoms with Crippen LogP contribution in [0.15, 0.2) is 48.5 Å². The van der Waals surface area contributed by atoms with Crippen molar-refractivity contribution in [1.29, 1.82) is 0 Å². The summed E-state index contributed by atoms with van der Waals surface area (Å²) >= 11 is 0. The number of ether oxygens (including phenoxy) is 1. The quantitative estimate of drug-likeness (QED) is 0.780. The Kier molecular flexibility index (Phi) is 6.24. The summed E-state index contributed by atoms with van der Waals surface area (Å²) < 4.78 is 4.73. The number of carbonyl (C=O) groups is 2. The summed E-state index contributed by atoms with van der Waals surface area (Å²) in [4.78, 5) is 28.6. The Labute approximate surface area is 160 Å². The Morgan fingerprint density at radius 1 is 0.963 bits per heavy atom. The molecule has 0 atom stereocenters. The van der Waals surface area contributed by atoms with Crippen LogP contribution in [0.25, 0.3) is 0 Å². The lowest BCUT2D eigenvalue weighted by Crippen LogP contribution is -2.35. The number of nitrogens with zero attached hydrogens (tertiary/aromatic N) is 2. The van der Waals surface area contributed by atoms with E-state index in [9.17, 15) is 9.59 Å². The predicted octanol–water partition coefficient (Wildman–Crippen LogP) is 3.13. The van der Waals surface area contributed by atoms with E-state index in [-0.39, 0.29) is 11.9 Å². The van der Waals surface area contributed by atoms with Crippen molar-refractivity contribution in [3.05, 3.63) is 70.8 Å². The summed E-state index contributed by atoms with van der Waals surface area (Å²) in [5, 5.41) is 0. The van der Waals surface area contributed by atoms with Crippen LogP contribution in [-0.2, 0) is 11.3 Å². The van der Waals surface area contributed by atoms with Crippen LogP contribution >= 0.6 is 0 Å². The number of rotatable bonds is 4. The lowest BCUT2D eigenvalue weighted by atomic mass is 10.1. The van der Waals surface area contributed by atoms with Crippen LogP contribution in [-0.4, -0.2) is 55.0 Å². The molecule has 0 radical (unpaired) electrons. The molecule has 1 amide bonds. The van der Waals surface area contributed by atoms with Gasteiger partial charge in [-0.1, -0.05) is 29.8 Å². The predicted molar refractivity (Wildman–Crippen MR) is 105 cm³/mol. The molecular formula is C22H26N2O3. The summed E-state index contributed by atoms with van der Waals surface area (Å²) in [6.45, 7) is 6.13. The number of benzene rings is 2. The molecule has 0 spiro atoms. The molecule has 1 aliphatic heterocycles. The van der Waals surface area contributed by atoms with Gasteiger partial charge in [-0.15, -0.1) is 0 Å². The minimum absolute atomic E-state index is 0.114. The standard InChI is InChI=1S/C22H26N2O3/c1-17-5-3-6-20(15-17)21(25)24-12-4-11-23(13-14-24)16-18-7-9-19(10-8-18)22(26)27-2/h3,5-10,15H,4,11-14,16H2,1-2H3. The van der Waals surface area contributed by atoms with Crippen molar-refractivity contribution in [2.75, 3.05) is 33.3 Å². The van der Waals surface area contributed by atoms with Gasteiger partial charge < -0.3 is 9.64 Å². The van der Waals surface area contributed by atoms with E-state index in [0.29, 0.717) is 5.56 Å². The first-order valence-corrected chi connectivity index (χ1v) is 9.32. The van der Waals surface area contributed by atoms with E-state index in [1.165, 1.54) is 7.11 Å². The van der Waals surface area contributed by atoms with Crippen molar-refractivity contribution in [3.63, 3.8) is 0 Å². The van der Waals surface area contributed by atoms with E-state index in [1.807, 2.05) is 48.2 Å². The van der Waals surface area contributed by atoms with E-state index >= 15 is 0 Å². The minimum Gasteiger partial charge on any atom is -0.465 e. The van der Waals surface area contributed by atoms with Gasteiger partial charge in [0.1, 0.15) is 0 Å². The molecule has 0 aromatic heterocycles. The van der Waals surface area contributed by atoms with Crippen LogP contribution in [0, 0.1) is 6.92 Å². The third kappa shape index (κ3) is 4.95. The number of aryl methyl sites for hydroxylation is 1. The highest BCUT2D eigenvalue weighted by Crippen LogP contribution is 2.14. The smallest absolute Gasteiger partial charge is 0.337 e. The second kappa shape index (κ2) is 8.82. The van der Waals surface area contributed by atoms with Crippen LogP contribution in [0.4, 0.5) is 0 Å². The summed E-state index contributed by atoms with van der Waals surface area (Å²) in [5.41, 5.74) is 3.59. The molecule has 0 aliphatic carbocycles. The fraction of sp³-hybridized carbons (Fsp3) is 0.364. The van der Waals surface area contributed by atoms with Crippen LogP contribution in [0.3, 0.4) is 0 Å². The number of esters is 1. The molecule has 142 valence electrons. The summed E-state index contributed by atoms with van der Waals surface area (Å²) in [7, 11) is 1.39. The van der Waals surface area contributed by atoms with Gasteiger partial charge in [0.15, 0.2) is 0 Å². The zero-order valence-electron chi connectivity index (χ0n) is 16.0.